The summed E-state index contributed by atoms with van der Waals surface area (Å²) in [6.45, 7) is 4.61. The van der Waals surface area contributed by atoms with Crippen molar-refractivity contribution in [2.75, 3.05) is 24.6 Å². The summed E-state index contributed by atoms with van der Waals surface area (Å²) in [5.74, 6) is 0.891. The third kappa shape index (κ3) is 6.22. The molecule has 0 unspecified atom stereocenters. The van der Waals surface area contributed by atoms with Crippen molar-refractivity contribution >= 4 is 61.3 Å². The van der Waals surface area contributed by atoms with Crippen LogP contribution in [0.3, 0.4) is 0 Å². The molecule has 0 amide bonds. The number of anilines is 1. The van der Waals surface area contributed by atoms with Gasteiger partial charge in [-0.25, -0.2) is 4.98 Å². The Morgan fingerprint density at radius 1 is 0.939 bits per heavy atom. The zero-order chi connectivity index (χ0) is 23.0. The second-order valence-electron chi connectivity index (χ2n) is 7.42. The predicted octanol–water partition coefficient (Wildman–Crippen LogP) is 8.70. The summed E-state index contributed by atoms with van der Waals surface area (Å²) >= 11 is 13.7. The number of rotatable bonds is 10. The summed E-state index contributed by atoms with van der Waals surface area (Å²) in [5.41, 5.74) is 2.67. The molecule has 0 fully saturated rings. The van der Waals surface area contributed by atoms with Crippen molar-refractivity contribution in [3.05, 3.63) is 76.8 Å². The number of thiazole rings is 1. The van der Waals surface area contributed by atoms with Gasteiger partial charge >= 0.3 is 0 Å². The van der Waals surface area contributed by atoms with E-state index in [-0.39, 0.29) is 0 Å². The molecule has 0 saturated heterocycles. The van der Waals surface area contributed by atoms with Crippen molar-refractivity contribution in [3.8, 4) is 5.75 Å². The van der Waals surface area contributed by atoms with Crippen LogP contribution in [0.2, 0.25) is 10.0 Å². The number of aromatic nitrogens is 1. The highest BCUT2D eigenvalue weighted by atomic mass is 35.5. The minimum atomic E-state index is 0.501. The number of nitrogens with zero attached hydrogens (tertiary/aromatic N) is 4. The molecule has 170 valence electrons. The van der Waals surface area contributed by atoms with Gasteiger partial charge in [-0.05, 0) is 55.0 Å². The Balaban J connectivity index is 1.41. The molecule has 4 aromatic rings. The number of azo groups is 1. The lowest BCUT2D eigenvalue weighted by Gasteiger charge is -2.25. The molecule has 5 nitrogen and oxygen atoms in total. The molecule has 3 aromatic carbocycles. The fourth-order valence-corrected chi connectivity index (χ4v) is 4.62. The molecule has 8 heteroatoms. The van der Waals surface area contributed by atoms with E-state index in [1.807, 2.05) is 48.5 Å². The predicted molar refractivity (Wildman–Crippen MR) is 139 cm³/mol. The summed E-state index contributed by atoms with van der Waals surface area (Å²) < 4.78 is 6.71. The summed E-state index contributed by atoms with van der Waals surface area (Å²) in [5, 5.41) is 10.2. The van der Waals surface area contributed by atoms with Gasteiger partial charge in [-0.1, -0.05) is 66.1 Å². The molecule has 4 rings (SSSR count). The Kier molecular flexibility index (Phi) is 8.15. The van der Waals surface area contributed by atoms with Gasteiger partial charge in [0, 0.05) is 12.2 Å². The molecule has 0 radical (unpaired) electrons. The van der Waals surface area contributed by atoms with Crippen molar-refractivity contribution < 1.29 is 4.74 Å². The normalized spacial score (nSPS) is 11.4. The maximum Gasteiger partial charge on any atom is 0.231 e. The highest BCUT2D eigenvalue weighted by Crippen LogP contribution is 2.37. The number of benzene rings is 3. The van der Waals surface area contributed by atoms with Crippen molar-refractivity contribution in [1.29, 1.82) is 0 Å². The van der Waals surface area contributed by atoms with Crippen LogP contribution < -0.4 is 9.64 Å². The smallest absolute Gasteiger partial charge is 0.231 e. The summed E-state index contributed by atoms with van der Waals surface area (Å²) in [6.07, 6.45) is 2.26. The van der Waals surface area contributed by atoms with E-state index in [4.69, 9.17) is 27.9 Å². The molecule has 0 N–H and O–H groups in total. The number of hydrogen-bond donors (Lipinski definition) is 0. The maximum atomic E-state index is 6.26. The van der Waals surface area contributed by atoms with Crippen molar-refractivity contribution in [1.82, 2.24) is 4.98 Å². The number of unbranched alkanes of at least 4 members (excludes halogenated alkanes) is 1. The van der Waals surface area contributed by atoms with Crippen LogP contribution in [0.15, 0.2) is 77.0 Å². The fraction of sp³-hybridized carbons (Fsp3) is 0.240. The molecule has 0 spiro atoms. The Labute approximate surface area is 207 Å². The Morgan fingerprint density at radius 2 is 1.73 bits per heavy atom. The minimum absolute atomic E-state index is 0.501. The van der Waals surface area contributed by atoms with Gasteiger partial charge in [-0.3, -0.25) is 0 Å². The van der Waals surface area contributed by atoms with Crippen LogP contribution in [0.4, 0.5) is 16.5 Å². The first-order valence-corrected chi connectivity index (χ1v) is 12.4. The second-order valence-corrected chi connectivity index (χ2v) is 9.19. The van der Waals surface area contributed by atoms with E-state index in [1.165, 1.54) is 11.3 Å². The standard InChI is InChI=1S/C25H24Cl2N4OS/c1-2-3-15-31(16-17-32-20-7-5-4-6-8-20)19-11-9-18(10-12-19)29-30-25-28-22-14-13-21(26)23(27)24(22)33-25/h4-14H,2-3,15-17H2,1H3. The van der Waals surface area contributed by atoms with Crippen LogP contribution in [0.1, 0.15) is 19.8 Å². The van der Waals surface area contributed by atoms with E-state index in [9.17, 15) is 0 Å². The van der Waals surface area contributed by atoms with Gasteiger partial charge in [0.1, 0.15) is 12.4 Å². The largest absolute Gasteiger partial charge is 0.492 e. The zero-order valence-corrected chi connectivity index (χ0v) is 20.6. The van der Waals surface area contributed by atoms with Crippen LogP contribution in [-0.2, 0) is 0 Å². The fourth-order valence-electron chi connectivity index (χ4n) is 3.31. The van der Waals surface area contributed by atoms with Crippen LogP contribution in [0.25, 0.3) is 10.2 Å². The Bertz CT molecular complexity index is 1210. The number of hydrogen-bond acceptors (Lipinski definition) is 6. The molecule has 0 saturated carbocycles. The van der Waals surface area contributed by atoms with Crippen molar-refractivity contribution in [2.45, 2.75) is 19.8 Å². The summed E-state index contributed by atoms with van der Waals surface area (Å²) in [6, 6.07) is 21.5. The first-order valence-electron chi connectivity index (χ1n) is 10.8. The van der Waals surface area contributed by atoms with Crippen LogP contribution >= 0.6 is 34.5 Å². The number of ether oxygens (including phenoxy) is 1. The molecule has 33 heavy (non-hydrogen) atoms. The lowest BCUT2D eigenvalue weighted by molar-refractivity contribution is 0.323. The van der Waals surface area contributed by atoms with Crippen LogP contribution in [0.5, 0.6) is 5.75 Å². The average Bonchev–Trinajstić information content (AvgIpc) is 3.27. The Morgan fingerprint density at radius 3 is 2.48 bits per heavy atom. The third-order valence-corrected chi connectivity index (χ3v) is 6.95. The van der Waals surface area contributed by atoms with E-state index in [0.717, 1.165) is 53.3 Å². The minimum Gasteiger partial charge on any atom is -0.492 e. The van der Waals surface area contributed by atoms with E-state index in [2.05, 4.69) is 39.2 Å². The molecule has 0 aliphatic carbocycles. The third-order valence-electron chi connectivity index (χ3n) is 5.06. The van der Waals surface area contributed by atoms with E-state index in [1.54, 1.807) is 6.07 Å². The summed E-state index contributed by atoms with van der Waals surface area (Å²) in [4.78, 5) is 6.80. The monoisotopic (exact) mass is 498 g/mol. The second kappa shape index (κ2) is 11.5. The van der Waals surface area contributed by atoms with Gasteiger partial charge in [0.2, 0.25) is 5.13 Å². The molecular weight excluding hydrogens is 475 g/mol. The van der Waals surface area contributed by atoms with E-state index in [0.29, 0.717) is 21.8 Å². The van der Waals surface area contributed by atoms with Gasteiger partial charge in [-0.15, -0.1) is 10.2 Å². The highest BCUT2D eigenvalue weighted by molar-refractivity contribution is 7.22. The molecule has 0 atom stereocenters. The van der Waals surface area contributed by atoms with Crippen LogP contribution in [0, 0.1) is 0 Å². The highest BCUT2D eigenvalue weighted by Gasteiger charge is 2.10. The number of fused-ring (bicyclic) bond motifs is 1. The van der Waals surface area contributed by atoms with Gasteiger partial charge in [0.05, 0.1) is 32.5 Å². The van der Waals surface area contributed by atoms with Gasteiger partial charge < -0.3 is 9.64 Å². The number of para-hydroxylation sites is 1. The van der Waals surface area contributed by atoms with Crippen molar-refractivity contribution in [3.63, 3.8) is 0 Å². The van der Waals surface area contributed by atoms with E-state index < -0.39 is 0 Å². The summed E-state index contributed by atoms with van der Waals surface area (Å²) in [7, 11) is 0. The van der Waals surface area contributed by atoms with Crippen molar-refractivity contribution in [2.24, 2.45) is 10.2 Å². The van der Waals surface area contributed by atoms with E-state index >= 15 is 0 Å². The van der Waals surface area contributed by atoms with Gasteiger partial charge in [0.25, 0.3) is 0 Å². The molecular formula is C25H24Cl2N4OS. The molecule has 0 aliphatic rings. The SMILES string of the molecule is CCCCN(CCOc1ccccc1)c1ccc(N=Nc2nc3ccc(Cl)c(Cl)c3s2)cc1. The first-order chi connectivity index (χ1) is 16.1. The quantitative estimate of drug-likeness (QED) is 0.205. The molecule has 1 heterocycles. The first kappa shape index (κ1) is 23.5. The topological polar surface area (TPSA) is 50.1 Å². The zero-order valence-electron chi connectivity index (χ0n) is 18.2. The molecule has 1 aromatic heterocycles. The van der Waals surface area contributed by atoms with Gasteiger partial charge in [-0.2, -0.15) is 0 Å². The number of halogens is 2. The Hall–Kier alpha value is -2.67. The molecule has 0 aliphatic heterocycles. The molecule has 0 bridgehead atoms. The lowest BCUT2D eigenvalue weighted by atomic mass is 10.2. The van der Waals surface area contributed by atoms with Crippen LogP contribution in [-0.4, -0.2) is 24.7 Å². The maximum absolute atomic E-state index is 6.26. The van der Waals surface area contributed by atoms with Gasteiger partial charge in [0.15, 0.2) is 0 Å². The average molecular weight is 499 g/mol. The lowest BCUT2D eigenvalue weighted by Crippen LogP contribution is -2.29.